The molecule has 0 unspecified atom stereocenters. The summed E-state index contributed by atoms with van der Waals surface area (Å²) in [5.74, 6) is 1.25. The molecule has 2 heterocycles. The Morgan fingerprint density at radius 2 is 1.86 bits per heavy atom. The van der Waals surface area contributed by atoms with Crippen LogP contribution in [0, 0.1) is 11.8 Å². The number of nitrogens with zero attached hydrogens (tertiary/aromatic N) is 2. The van der Waals surface area contributed by atoms with Gasteiger partial charge in [0.1, 0.15) is 10.6 Å². The first-order valence-electron chi connectivity index (χ1n) is 10.1. The van der Waals surface area contributed by atoms with Gasteiger partial charge < -0.3 is 14.8 Å². The van der Waals surface area contributed by atoms with Gasteiger partial charge >= 0.3 is 0 Å². The van der Waals surface area contributed by atoms with Gasteiger partial charge in [0.25, 0.3) is 0 Å². The number of piperidine rings is 1. The lowest BCUT2D eigenvalue weighted by atomic mass is 9.92. The Labute approximate surface area is 173 Å². The first-order chi connectivity index (χ1) is 13.8. The third-order valence-electron chi connectivity index (χ3n) is 5.35. The Morgan fingerprint density at radius 3 is 2.48 bits per heavy atom. The number of carbonyl (C=O) groups is 1. The van der Waals surface area contributed by atoms with Crippen LogP contribution in [-0.4, -0.2) is 76.6 Å². The molecule has 9 heteroatoms. The summed E-state index contributed by atoms with van der Waals surface area (Å²) in [6, 6.07) is 4.72. The molecule has 2 atom stereocenters. The molecule has 2 aliphatic heterocycles. The number of sulfonamides is 1. The number of likely N-dealkylation sites (tertiary alicyclic amines) is 1. The largest absolute Gasteiger partial charge is 0.495 e. The maximum absolute atomic E-state index is 13.1. The predicted octanol–water partition coefficient (Wildman–Crippen LogP) is 1.63. The average molecular weight is 426 g/mol. The van der Waals surface area contributed by atoms with E-state index in [0.717, 1.165) is 13.1 Å². The summed E-state index contributed by atoms with van der Waals surface area (Å²) in [6.45, 7) is 7.83. The molecule has 0 bridgehead atoms. The lowest BCUT2D eigenvalue weighted by molar-refractivity contribution is -0.117. The highest BCUT2D eigenvalue weighted by Gasteiger charge is 2.30. The van der Waals surface area contributed by atoms with Crippen molar-refractivity contribution in [2.24, 2.45) is 11.8 Å². The second-order valence-corrected chi connectivity index (χ2v) is 9.98. The fourth-order valence-electron chi connectivity index (χ4n) is 4.21. The second kappa shape index (κ2) is 9.42. The molecule has 2 fully saturated rings. The third kappa shape index (κ3) is 5.48. The topological polar surface area (TPSA) is 88.2 Å². The summed E-state index contributed by atoms with van der Waals surface area (Å²) in [7, 11) is -2.30. The Kier molecular flexibility index (Phi) is 7.15. The van der Waals surface area contributed by atoms with Gasteiger partial charge in [0, 0.05) is 31.9 Å². The molecule has 29 heavy (non-hydrogen) atoms. The van der Waals surface area contributed by atoms with E-state index in [2.05, 4.69) is 24.1 Å². The minimum absolute atomic E-state index is 0.0555. The quantitative estimate of drug-likeness (QED) is 0.745. The van der Waals surface area contributed by atoms with Crippen molar-refractivity contribution in [3.8, 4) is 5.75 Å². The highest BCUT2D eigenvalue weighted by Crippen LogP contribution is 2.30. The molecule has 8 nitrogen and oxygen atoms in total. The van der Waals surface area contributed by atoms with Gasteiger partial charge in [0.2, 0.25) is 15.9 Å². The summed E-state index contributed by atoms with van der Waals surface area (Å²) < 4.78 is 38.0. The molecule has 1 aromatic carbocycles. The fraction of sp³-hybridized carbons (Fsp3) is 0.650. The van der Waals surface area contributed by atoms with Gasteiger partial charge in [-0.15, -0.1) is 0 Å². The molecule has 2 saturated heterocycles. The maximum atomic E-state index is 13.1. The molecule has 3 rings (SSSR count). The van der Waals surface area contributed by atoms with Gasteiger partial charge in [0.15, 0.2) is 0 Å². The van der Waals surface area contributed by atoms with E-state index in [-0.39, 0.29) is 16.6 Å². The monoisotopic (exact) mass is 425 g/mol. The minimum Gasteiger partial charge on any atom is -0.495 e. The molecule has 0 aliphatic carbocycles. The number of hydrogen-bond donors (Lipinski definition) is 1. The Morgan fingerprint density at radius 1 is 1.21 bits per heavy atom. The average Bonchev–Trinajstić information content (AvgIpc) is 2.67. The Balaban J connectivity index is 1.73. The van der Waals surface area contributed by atoms with Crippen LogP contribution < -0.4 is 10.1 Å². The number of nitrogens with one attached hydrogen (secondary N) is 1. The highest BCUT2D eigenvalue weighted by molar-refractivity contribution is 7.89. The van der Waals surface area contributed by atoms with Crippen molar-refractivity contribution >= 4 is 21.6 Å². The van der Waals surface area contributed by atoms with Crippen molar-refractivity contribution in [3.63, 3.8) is 0 Å². The summed E-state index contributed by atoms with van der Waals surface area (Å²) in [4.78, 5) is 14.8. The number of hydrogen-bond acceptors (Lipinski definition) is 6. The first-order valence-corrected chi connectivity index (χ1v) is 11.5. The van der Waals surface area contributed by atoms with Crippen LogP contribution in [0.3, 0.4) is 0 Å². The van der Waals surface area contributed by atoms with E-state index < -0.39 is 10.0 Å². The standard InChI is InChI=1S/C20H31N3O5S/c1-15-10-16(2)13-22(12-15)14-20(24)21-17-4-5-18(27-3)19(11-17)29(25,26)23-6-8-28-9-7-23/h4-5,11,15-16H,6-10,12-14H2,1-3H3,(H,21,24)/t15-,16-/m0/s1. The van der Waals surface area contributed by atoms with E-state index in [1.165, 1.54) is 23.9 Å². The zero-order valence-corrected chi connectivity index (χ0v) is 18.2. The molecular weight excluding hydrogens is 394 g/mol. The van der Waals surface area contributed by atoms with Crippen LogP contribution in [0.4, 0.5) is 5.69 Å². The van der Waals surface area contributed by atoms with Gasteiger partial charge in [0.05, 0.1) is 26.9 Å². The third-order valence-corrected chi connectivity index (χ3v) is 7.27. The lowest BCUT2D eigenvalue weighted by Crippen LogP contribution is -2.42. The Hall–Kier alpha value is -1.68. The van der Waals surface area contributed by atoms with Gasteiger partial charge in [-0.25, -0.2) is 8.42 Å². The van der Waals surface area contributed by atoms with Crippen molar-refractivity contribution in [1.82, 2.24) is 9.21 Å². The molecule has 1 amide bonds. The predicted molar refractivity (Wildman–Crippen MR) is 111 cm³/mol. The lowest BCUT2D eigenvalue weighted by Gasteiger charge is -2.34. The normalized spacial score (nSPS) is 24.2. The fourth-order valence-corrected chi connectivity index (χ4v) is 5.80. The van der Waals surface area contributed by atoms with Crippen molar-refractivity contribution in [1.29, 1.82) is 0 Å². The van der Waals surface area contributed by atoms with Crippen LogP contribution in [0.5, 0.6) is 5.75 Å². The number of carbonyl (C=O) groups excluding carboxylic acids is 1. The van der Waals surface area contributed by atoms with E-state index in [4.69, 9.17) is 9.47 Å². The van der Waals surface area contributed by atoms with Crippen LogP contribution in [-0.2, 0) is 19.6 Å². The van der Waals surface area contributed by atoms with Crippen LogP contribution in [0.15, 0.2) is 23.1 Å². The van der Waals surface area contributed by atoms with Crippen molar-refractivity contribution < 1.29 is 22.7 Å². The van der Waals surface area contributed by atoms with Crippen LogP contribution >= 0.6 is 0 Å². The summed E-state index contributed by atoms with van der Waals surface area (Å²) in [6.07, 6.45) is 1.18. The number of amides is 1. The first kappa shape index (κ1) is 22.0. The maximum Gasteiger partial charge on any atom is 0.246 e. The van der Waals surface area contributed by atoms with Gasteiger partial charge in [-0.1, -0.05) is 13.8 Å². The smallest absolute Gasteiger partial charge is 0.246 e. The number of morpholine rings is 1. The van der Waals surface area contributed by atoms with Crippen LogP contribution in [0.1, 0.15) is 20.3 Å². The van der Waals surface area contributed by atoms with E-state index in [1.807, 2.05) is 0 Å². The summed E-state index contributed by atoms with van der Waals surface area (Å²) >= 11 is 0. The molecule has 0 spiro atoms. The Bertz CT molecular complexity index is 813. The summed E-state index contributed by atoms with van der Waals surface area (Å²) in [5, 5.41) is 2.84. The van der Waals surface area contributed by atoms with Crippen LogP contribution in [0.2, 0.25) is 0 Å². The molecule has 1 N–H and O–H groups in total. The molecule has 0 aromatic heterocycles. The number of benzene rings is 1. The zero-order valence-electron chi connectivity index (χ0n) is 17.4. The summed E-state index contributed by atoms with van der Waals surface area (Å²) in [5.41, 5.74) is 0.445. The number of methoxy groups -OCH3 is 1. The van der Waals surface area contributed by atoms with Gasteiger partial charge in [-0.2, -0.15) is 4.31 Å². The molecule has 162 valence electrons. The molecule has 0 radical (unpaired) electrons. The van der Waals surface area contributed by atoms with E-state index in [0.29, 0.717) is 50.4 Å². The van der Waals surface area contributed by atoms with E-state index in [1.54, 1.807) is 12.1 Å². The van der Waals surface area contributed by atoms with E-state index in [9.17, 15) is 13.2 Å². The van der Waals surface area contributed by atoms with Gasteiger partial charge in [-0.05, 0) is 36.5 Å². The molecule has 1 aromatic rings. The second-order valence-electron chi connectivity index (χ2n) is 8.07. The van der Waals surface area contributed by atoms with Crippen LogP contribution in [0.25, 0.3) is 0 Å². The molecule has 2 aliphatic rings. The minimum atomic E-state index is -3.74. The van der Waals surface area contributed by atoms with Crippen molar-refractivity contribution in [2.45, 2.75) is 25.2 Å². The number of anilines is 1. The zero-order chi connectivity index (χ0) is 21.0. The molecule has 0 saturated carbocycles. The van der Waals surface area contributed by atoms with E-state index >= 15 is 0 Å². The highest BCUT2D eigenvalue weighted by atomic mass is 32.2. The van der Waals surface area contributed by atoms with Crippen molar-refractivity contribution in [2.75, 3.05) is 58.4 Å². The molecular formula is C20H31N3O5S. The number of ether oxygens (including phenoxy) is 2. The number of rotatable bonds is 6. The van der Waals surface area contributed by atoms with Gasteiger partial charge in [-0.3, -0.25) is 9.69 Å². The SMILES string of the molecule is COc1ccc(NC(=O)CN2C[C@@H](C)C[C@H](C)C2)cc1S(=O)(=O)N1CCOCC1. The van der Waals surface area contributed by atoms with Crippen molar-refractivity contribution in [3.05, 3.63) is 18.2 Å².